The number of aromatic nitrogens is 3. The number of pyridine rings is 1. The monoisotopic (exact) mass is 274 g/mol. The van der Waals surface area contributed by atoms with Crippen LogP contribution in [0.3, 0.4) is 0 Å². The maximum Gasteiger partial charge on any atom is 0.307 e. The van der Waals surface area contributed by atoms with Crippen LogP contribution >= 0.6 is 0 Å². The van der Waals surface area contributed by atoms with Gasteiger partial charge in [-0.2, -0.15) is 0 Å². The lowest BCUT2D eigenvalue weighted by Crippen LogP contribution is -2.26. The molecule has 0 aromatic carbocycles. The van der Waals surface area contributed by atoms with Gasteiger partial charge in [0.2, 0.25) is 0 Å². The molecule has 3 rings (SSSR count). The van der Waals surface area contributed by atoms with Gasteiger partial charge >= 0.3 is 5.97 Å². The summed E-state index contributed by atoms with van der Waals surface area (Å²) < 4.78 is 0. The van der Waals surface area contributed by atoms with Gasteiger partial charge < -0.3 is 15.4 Å². The molecule has 2 unspecified atom stereocenters. The highest BCUT2D eigenvalue weighted by Crippen LogP contribution is 2.37. The molecule has 2 atom stereocenters. The molecule has 2 aromatic heterocycles. The SMILES string of the molecule is CNc1ccc2[nH]c(C3CCCCC3C(=O)O)nc2n1. The van der Waals surface area contributed by atoms with Crippen LogP contribution in [0.2, 0.25) is 0 Å². The van der Waals surface area contributed by atoms with E-state index in [1.165, 1.54) is 0 Å². The molecule has 3 N–H and O–H groups in total. The van der Waals surface area contributed by atoms with Crippen molar-refractivity contribution in [3.8, 4) is 0 Å². The van der Waals surface area contributed by atoms with Gasteiger partial charge in [-0.3, -0.25) is 4.79 Å². The van der Waals surface area contributed by atoms with E-state index < -0.39 is 5.97 Å². The first-order chi connectivity index (χ1) is 9.69. The topological polar surface area (TPSA) is 90.9 Å². The van der Waals surface area contributed by atoms with Crippen LogP contribution in [0.25, 0.3) is 11.2 Å². The predicted octanol–water partition coefficient (Wildman–Crippen LogP) is 2.36. The number of carboxylic acid groups (broad SMARTS) is 1. The Morgan fingerprint density at radius 1 is 1.35 bits per heavy atom. The molecule has 6 nitrogen and oxygen atoms in total. The molecule has 1 aliphatic rings. The molecule has 20 heavy (non-hydrogen) atoms. The molecule has 2 aromatic rings. The number of fused-ring (bicyclic) bond motifs is 1. The number of nitrogens with zero attached hydrogens (tertiary/aromatic N) is 2. The van der Waals surface area contributed by atoms with Crippen molar-refractivity contribution in [2.45, 2.75) is 31.6 Å². The van der Waals surface area contributed by atoms with E-state index in [-0.39, 0.29) is 11.8 Å². The number of imidazole rings is 1. The summed E-state index contributed by atoms with van der Waals surface area (Å²) in [5, 5.41) is 12.3. The van der Waals surface area contributed by atoms with Crippen LogP contribution in [0, 0.1) is 5.92 Å². The number of aromatic amines is 1. The maximum absolute atomic E-state index is 11.4. The van der Waals surface area contributed by atoms with Crippen molar-refractivity contribution in [2.75, 3.05) is 12.4 Å². The normalized spacial score (nSPS) is 22.9. The van der Waals surface area contributed by atoms with E-state index >= 15 is 0 Å². The van der Waals surface area contributed by atoms with Gasteiger partial charge in [-0.1, -0.05) is 12.8 Å². The molecule has 0 aliphatic heterocycles. The minimum absolute atomic E-state index is 0.0338. The summed E-state index contributed by atoms with van der Waals surface area (Å²) in [6.45, 7) is 0. The zero-order valence-electron chi connectivity index (χ0n) is 11.4. The Bertz CT molecular complexity index is 637. The summed E-state index contributed by atoms with van der Waals surface area (Å²) >= 11 is 0. The minimum atomic E-state index is -0.723. The second kappa shape index (κ2) is 5.11. The van der Waals surface area contributed by atoms with Crippen LogP contribution in [0.4, 0.5) is 5.82 Å². The van der Waals surface area contributed by atoms with Crippen LogP contribution < -0.4 is 5.32 Å². The lowest BCUT2D eigenvalue weighted by molar-refractivity contribution is -0.143. The molecule has 6 heteroatoms. The van der Waals surface area contributed by atoms with Crippen LogP contribution in [0.15, 0.2) is 12.1 Å². The van der Waals surface area contributed by atoms with Crippen molar-refractivity contribution in [1.82, 2.24) is 15.0 Å². The number of hydrogen-bond donors (Lipinski definition) is 3. The number of anilines is 1. The highest BCUT2D eigenvalue weighted by molar-refractivity contribution is 5.74. The number of aliphatic carboxylic acids is 1. The van der Waals surface area contributed by atoms with Gasteiger partial charge in [0, 0.05) is 13.0 Å². The fourth-order valence-corrected chi connectivity index (χ4v) is 2.98. The summed E-state index contributed by atoms with van der Waals surface area (Å²) in [5.74, 6) is 0.419. The average molecular weight is 274 g/mol. The van der Waals surface area contributed by atoms with Crippen LogP contribution in [0.5, 0.6) is 0 Å². The molecular formula is C14H18N4O2. The van der Waals surface area contributed by atoms with Gasteiger partial charge in [-0.05, 0) is 25.0 Å². The minimum Gasteiger partial charge on any atom is -0.481 e. The van der Waals surface area contributed by atoms with Crippen molar-refractivity contribution in [3.63, 3.8) is 0 Å². The summed E-state index contributed by atoms with van der Waals surface area (Å²) in [6.07, 6.45) is 3.64. The highest BCUT2D eigenvalue weighted by Gasteiger charge is 2.33. The standard InChI is InChI=1S/C14H18N4O2/c1-15-11-7-6-10-13(17-11)18-12(16-10)8-4-2-3-5-9(8)14(19)20/h6-9H,2-5H2,1H3,(H,19,20)(H2,15,16,17,18). The van der Waals surface area contributed by atoms with Crippen molar-refractivity contribution in [1.29, 1.82) is 0 Å². The third-order valence-electron chi connectivity index (χ3n) is 4.05. The van der Waals surface area contributed by atoms with Crippen molar-refractivity contribution >= 4 is 23.0 Å². The van der Waals surface area contributed by atoms with E-state index in [1.54, 1.807) is 0 Å². The zero-order chi connectivity index (χ0) is 14.1. The van der Waals surface area contributed by atoms with E-state index in [4.69, 9.17) is 0 Å². The largest absolute Gasteiger partial charge is 0.481 e. The van der Waals surface area contributed by atoms with Gasteiger partial charge in [-0.15, -0.1) is 0 Å². The van der Waals surface area contributed by atoms with E-state index in [0.29, 0.717) is 5.65 Å². The molecular weight excluding hydrogens is 256 g/mol. The summed E-state index contributed by atoms with van der Waals surface area (Å²) in [7, 11) is 1.81. The van der Waals surface area contributed by atoms with E-state index in [9.17, 15) is 9.90 Å². The van der Waals surface area contributed by atoms with Crippen molar-refractivity contribution in [2.24, 2.45) is 5.92 Å². The molecule has 0 bridgehead atoms. The van der Waals surface area contributed by atoms with E-state index in [1.807, 2.05) is 19.2 Å². The van der Waals surface area contributed by atoms with Crippen molar-refractivity contribution in [3.05, 3.63) is 18.0 Å². The number of hydrogen-bond acceptors (Lipinski definition) is 4. The highest BCUT2D eigenvalue weighted by atomic mass is 16.4. The average Bonchev–Trinajstić information content (AvgIpc) is 2.89. The van der Waals surface area contributed by atoms with Gasteiger partial charge in [0.25, 0.3) is 0 Å². The summed E-state index contributed by atoms with van der Waals surface area (Å²) in [5.41, 5.74) is 1.50. The molecule has 106 valence electrons. The number of H-pyrrole nitrogens is 1. The fraction of sp³-hybridized carbons (Fsp3) is 0.500. The second-order valence-corrected chi connectivity index (χ2v) is 5.28. The first kappa shape index (κ1) is 12.9. The quantitative estimate of drug-likeness (QED) is 0.799. The van der Waals surface area contributed by atoms with Crippen molar-refractivity contribution < 1.29 is 9.90 Å². The maximum atomic E-state index is 11.4. The molecule has 0 radical (unpaired) electrons. The summed E-state index contributed by atoms with van der Waals surface area (Å²) in [4.78, 5) is 23.5. The third-order valence-corrected chi connectivity index (χ3v) is 4.05. The zero-order valence-corrected chi connectivity index (χ0v) is 11.4. The number of nitrogens with one attached hydrogen (secondary N) is 2. The molecule has 0 saturated heterocycles. The Balaban J connectivity index is 1.97. The van der Waals surface area contributed by atoms with Gasteiger partial charge in [0.05, 0.1) is 11.4 Å². The van der Waals surface area contributed by atoms with E-state index in [0.717, 1.165) is 42.8 Å². The van der Waals surface area contributed by atoms with Gasteiger partial charge in [0.1, 0.15) is 11.6 Å². The lowest BCUT2D eigenvalue weighted by Gasteiger charge is -2.26. The number of rotatable bonds is 3. The molecule has 2 heterocycles. The molecule has 0 amide bonds. The Hall–Kier alpha value is -2.11. The number of carboxylic acids is 1. The van der Waals surface area contributed by atoms with Gasteiger partial charge in [0.15, 0.2) is 5.65 Å². The molecule has 0 spiro atoms. The molecule has 1 aliphatic carbocycles. The third kappa shape index (κ3) is 2.21. The Morgan fingerprint density at radius 2 is 2.15 bits per heavy atom. The fourth-order valence-electron chi connectivity index (χ4n) is 2.98. The predicted molar refractivity (Wildman–Crippen MR) is 75.8 cm³/mol. The Morgan fingerprint density at radius 3 is 2.90 bits per heavy atom. The first-order valence-electron chi connectivity index (χ1n) is 6.96. The molecule has 1 fully saturated rings. The number of carbonyl (C=O) groups is 1. The first-order valence-corrected chi connectivity index (χ1v) is 6.96. The Labute approximate surface area is 116 Å². The lowest BCUT2D eigenvalue weighted by atomic mass is 9.79. The van der Waals surface area contributed by atoms with E-state index in [2.05, 4.69) is 20.3 Å². The second-order valence-electron chi connectivity index (χ2n) is 5.28. The van der Waals surface area contributed by atoms with Gasteiger partial charge in [-0.25, -0.2) is 9.97 Å². The molecule has 1 saturated carbocycles. The smallest absolute Gasteiger partial charge is 0.307 e. The Kier molecular flexibility index (Phi) is 3.30. The van der Waals surface area contributed by atoms with Crippen LogP contribution in [0.1, 0.15) is 37.4 Å². The summed E-state index contributed by atoms with van der Waals surface area (Å²) in [6, 6.07) is 3.79. The van der Waals surface area contributed by atoms with Crippen LogP contribution in [-0.2, 0) is 4.79 Å². The van der Waals surface area contributed by atoms with Crippen LogP contribution in [-0.4, -0.2) is 33.1 Å².